The van der Waals surface area contributed by atoms with Crippen LogP contribution >= 0.6 is 0 Å². The van der Waals surface area contributed by atoms with E-state index in [1.165, 1.54) is 19.2 Å². The summed E-state index contributed by atoms with van der Waals surface area (Å²) in [5.74, 6) is -0.666. The van der Waals surface area contributed by atoms with Crippen LogP contribution in [0.25, 0.3) is 0 Å². The van der Waals surface area contributed by atoms with Crippen LogP contribution in [-0.4, -0.2) is 54.5 Å². The molecule has 0 saturated carbocycles. The van der Waals surface area contributed by atoms with Crippen molar-refractivity contribution in [3.05, 3.63) is 35.4 Å². The summed E-state index contributed by atoms with van der Waals surface area (Å²) in [6.45, 7) is 0.191. The smallest absolute Gasteiger partial charge is 0.412 e. The number of ether oxygens (including phenoxy) is 1. The predicted octanol–water partition coefficient (Wildman–Crippen LogP) is 1.85. The third kappa shape index (κ3) is 4.16. The molecule has 1 fully saturated rings. The zero-order valence-corrected chi connectivity index (χ0v) is 12.8. The third-order valence-corrected chi connectivity index (χ3v) is 3.71. The average Bonchev–Trinajstić information content (AvgIpc) is 2.97. The molecule has 0 aliphatic carbocycles. The number of β-amino-alcohol motifs (C(OH)–C–C–N with tert-alkyl or cyclic N) is 1. The number of aliphatic hydroxyl groups excluding tert-OH is 1. The molecule has 0 bridgehead atoms. The number of aliphatic hydroxyl groups is 1. The molecule has 1 unspecified atom stereocenters. The summed E-state index contributed by atoms with van der Waals surface area (Å²) >= 11 is 0. The molecule has 1 saturated heterocycles. The van der Waals surface area contributed by atoms with Gasteiger partial charge in [-0.15, -0.1) is 0 Å². The zero-order valence-electron chi connectivity index (χ0n) is 12.8. The summed E-state index contributed by atoms with van der Waals surface area (Å²) < 4.78 is 44.3. The molecule has 1 aromatic rings. The van der Waals surface area contributed by atoms with E-state index in [9.17, 15) is 27.9 Å². The number of benzene rings is 1. The molecular weight excluding hydrogens is 329 g/mol. The topological polar surface area (TPSA) is 78.9 Å². The fraction of sp³-hybridized carbons (Fsp3) is 0.467. The lowest BCUT2D eigenvalue weighted by atomic mass is 10.0. The minimum atomic E-state index is -4.71. The van der Waals surface area contributed by atoms with Crippen molar-refractivity contribution in [3.63, 3.8) is 0 Å². The number of esters is 1. The van der Waals surface area contributed by atoms with Gasteiger partial charge in [-0.3, -0.25) is 0 Å². The van der Waals surface area contributed by atoms with Crippen LogP contribution in [0.15, 0.2) is 24.3 Å². The van der Waals surface area contributed by atoms with Gasteiger partial charge in [-0.25, -0.2) is 9.59 Å². The second-order valence-electron chi connectivity index (χ2n) is 5.43. The van der Waals surface area contributed by atoms with E-state index in [2.05, 4.69) is 4.74 Å². The first kappa shape index (κ1) is 18.1. The van der Waals surface area contributed by atoms with Gasteiger partial charge in [0.2, 0.25) is 0 Å². The lowest BCUT2D eigenvalue weighted by molar-refractivity contribution is -0.155. The van der Waals surface area contributed by atoms with Crippen molar-refractivity contribution in [2.75, 3.05) is 20.2 Å². The molecule has 24 heavy (non-hydrogen) atoms. The number of halogens is 3. The summed E-state index contributed by atoms with van der Waals surface area (Å²) in [5, 5.41) is 11.3. The Morgan fingerprint density at radius 1 is 1.33 bits per heavy atom. The molecule has 2 amide bonds. The molecule has 1 aliphatic rings. The van der Waals surface area contributed by atoms with Crippen LogP contribution < -0.4 is 5.32 Å². The lowest BCUT2D eigenvalue weighted by Crippen LogP contribution is -2.45. The summed E-state index contributed by atoms with van der Waals surface area (Å²) in [5.41, 5.74) is -0.0978. The van der Waals surface area contributed by atoms with Crippen molar-refractivity contribution < 1.29 is 32.6 Å². The summed E-state index contributed by atoms with van der Waals surface area (Å²) in [6, 6.07) is 1.52. The van der Waals surface area contributed by atoms with E-state index in [0.29, 0.717) is 6.42 Å². The number of alkyl halides is 3. The van der Waals surface area contributed by atoms with Gasteiger partial charge in [0.15, 0.2) is 6.04 Å². The molecule has 1 aromatic carbocycles. The Kier molecular flexibility index (Phi) is 5.33. The standard InChI is InChI=1S/C15H17F3N2O4/c1-24-13(22)10-4-2-9(3-5-10)12(15(16,17)18)19-14(23)20-7-6-11(21)8-20/h2-5,11-12,21H,6-8H2,1H3,(H,19,23)/t11-,12?/m0/s1. The van der Waals surface area contributed by atoms with Crippen LogP contribution in [0.4, 0.5) is 18.0 Å². The number of carbonyl (C=O) groups excluding carboxylic acids is 2. The highest BCUT2D eigenvalue weighted by molar-refractivity contribution is 5.89. The minimum absolute atomic E-state index is 0.00229. The Bertz CT molecular complexity index is 604. The Balaban J connectivity index is 2.16. The maximum atomic E-state index is 13.3. The molecule has 1 heterocycles. The number of rotatable bonds is 3. The average molecular weight is 346 g/mol. The largest absolute Gasteiger partial charge is 0.465 e. The summed E-state index contributed by atoms with van der Waals surface area (Å²) in [6.07, 6.45) is -5.10. The van der Waals surface area contributed by atoms with Crippen molar-refractivity contribution >= 4 is 12.0 Å². The van der Waals surface area contributed by atoms with Crippen LogP contribution in [0, 0.1) is 0 Å². The first-order valence-corrected chi connectivity index (χ1v) is 7.21. The van der Waals surface area contributed by atoms with Crippen LogP contribution in [0.2, 0.25) is 0 Å². The SMILES string of the molecule is COC(=O)c1ccc(C(NC(=O)N2CC[C@H](O)C2)C(F)(F)F)cc1. The number of urea groups is 1. The monoisotopic (exact) mass is 346 g/mol. The maximum absolute atomic E-state index is 13.3. The Morgan fingerprint density at radius 2 is 1.96 bits per heavy atom. The quantitative estimate of drug-likeness (QED) is 0.819. The summed E-state index contributed by atoms with van der Waals surface area (Å²) in [4.78, 5) is 24.4. The van der Waals surface area contributed by atoms with Crippen molar-refractivity contribution in [3.8, 4) is 0 Å². The molecule has 0 radical (unpaired) electrons. The molecule has 1 aliphatic heterocycles. The van der Waals surface area contributed by atoms with E-state index >= 15 is 0 Å². The number of carbonyl (C=O) groups is 2. The van der Waals surface area contributed by atoms with Crippen LogP contribution in [0.5, 0.6) is 0 Å². The van der Waals surface area contributed by atoms with Crippen molar-refractivity contribution in [1.29, 1.82) is 0 Å². The van der Waals surface area contributed by atoms with E-state index in [1.807, 2.05) is 5.32 Å². The highest BCUT2D eigenvalue weighted by atomic mass is 19.4. The molecule has 0 aromatic heterocycles. The van der Waals surface area contributed by atoms with Crippen LogP contribution in [0.3, 0.4) is 0 Å². The first-order valence-electron chi connectivity index (χ1n) is 7.21. The fourth-order valence-electron chi connectivity index (χ4n) is 2.42. The molecule has 2 N–H and O–H groups in total. The van der Waals surface area contributed by atoms with E-state index in [0.717, 1.165) is 17.0 Å². The van der Waals surface area contributed by atoms with E-state index in [1.54, 1.807) is 0 Å². The van der Waals surface area contributed by atoms with Gasteiger partial charge in [0.05, 0.1) is 18.8 Å². The number of amides is 2. The molecular formula is C15H17F3N2O4. The van der Waals surface area contributed by atoms with Crippen molar-refractivity contribution in [1.82, 2.24) is 10.2 Å². The Labute approximate surface area is 136 Å². The van der Waals surface area contributed by atoms with Crippen LogP contribution in [-0.2, 0) is 4.74 Å². The maximum Gasteiger partial charge on any atom is 0.412 e. The highest BCUT2D eigenvalue weighted by Crippen LogP contribution is 2.33. The first-order chi connectivity index (χ1) is 11.2. The molecule has 9 heteroatoms. The minimum Gasteiger partial charge on any atom is -0.465 e. The molecule has 6 nitrogen and oxygen atoms in total. The van der Waals surface area contributed by atoms with E-state index in [-0.39, 0.29) is 24.2 Å². The fourth-order valence-corrected chi connectivity index (χ4v) is 2.42. The zero-order chi connectivity index (χ0) is 17.9. The predicted molar refractivity (Wildman–Crippen MR) is 77.3 cm³/mol. The number of hydrogen-bond acceptors (Lipinski definition) is 4. The van der Waals surface area contributed by atoms with Gasteiger partial charge in [-0.2, -0.15) is 13.2 Å². The Morgan fingerprint density at radius 3 is 2.42 bits per heavy atom. The normalized spacial score (nSPS) is 19.0. The molecule has 2 atom stereocenters. The molecule has 0 spiro atoms. The molecule has 132 valence electrons. The van der Waals surface area contributed by atoms with Crippen molar-refractivity contribution in [2.45, 2.75) is 24.7 Å². The van der Waals surface area contributed by atoms with Gasteiger partial charge >= 0.3 is 18.2 Å². The number of nitrogens with zero attached hydrogens (tertiary/aromatic N) is 1. The lowest BCUT2D eigenvalue weighted by Gasteiger charge is -2.25. The molecule has 2 rings (SSSR count). The van der Waals surface area contributed by atoms with Gasteiger partial charge in [0.1, 0.15) is 0 Å². The number of methoxy groups -OCH3 is 1. The van der Waals surface area contributed by atoms with E-state index in [4.69, 9.17) is 0 Å². The highest BCUT2D eigenvalue weighted by Gasteiger charge is 2.43. The number of hydrogen-bond donors (Lipinski definition) is 2. The van der Waals surface area contributed by atoms with Crippen molar-refractivity contribution in [2.24, 2.45) is 0 Å². The second kappa shape index (κ2) is 7.08. The van der Waals surface area contributed by atoms with Crippen LogP contribution in [0.1, 0.15) is 28.4 Å². The number of likely N-dealkylation sites (tertiary alicyclic amines) is 1. The summed E-state index contributed by atoms with van der Waals surface area (Å²) in [7, 11) is 1.17. The van der Waals surface area contributed by atoms with Gasteiger partial charge < -0.3 is 20.1 Å². The second-order valence-corrected chi connectivity index (χ2v) is 5.43. The van der Waals surface area contributed by atoms with Gasteiger partial charge in [0.25, 0.3) is 0 Å². The van der Waals surface area contributed by atoms with Gasteiger partial charge in [-0.1, -0.05) is 12.1 Å². The Hall–Kier alpha value is -2.29. The number of nitrogens with one attached hydrogen (secondary N) is 1. The van der Waals surface area contributed by atoms with Gasteiger partial charge in [-0.05, 0) is 24.1 Å². The van der Waals surface area contributed by atoms with Gasteiger partial charge in [0, 0.05) is 13.1 Å². The third-order valence-electron chi connectivity index (χ3n) is 3.71. The van der Waals surface area contributed by atoms with E-state index < -0.39 is 30.3 Å².